The van der Waals surface area contributed by atoms with E-state index in [1.54, 1.807) is 6.20 Å². The Bertz CT molecular complexity index is 1240. The molecule has 1 unspecified atom stereocenters. The maximum atomic E-state index is 11.7. The summed E-state index contributed by atoms with van der Waals surface area (Å²) in [4.78, 5) is 18.2. The van der Waals surface area contributed by atoms with Gasteiger partial charge in [0, 0.05) is 31.4 Å². The number of rotatable bonds is 7. The zero-order chi connectivity index (χ0) is 22.6. The van der Waals surface area contributed by atoms with Crippen LogP contribution < -0.4 is 5.32 Å². The molecule has 1 aliphatic rings. The van der Waals surface area contributed by atoms with Gasteiger partial charge < -0.3 is 10.4 Å². The molecule has 2 aromatic heterocycles. The van der Waals surface area contributed by atoms with Crippen molar-refractivity contribution in [1.82, 2.24) is 19.7 Å². The lowest BCUT2D eigenvalue weighted by Gasteiger charge is -2.19. The second-order valence-corrected chi connectivity index (χ2v) is 8.23. The van der Waals surface area contributed by atoms with Gasteiger partial charge in [-0.15, -0.1) is 0 Å². The predicted molar refractivity (Wildman–Crippen MR) is 128 cm³/mol. The fraction of sp³-hybridized carbons (Fsp3) is 0.192. The molecule has 33 heavy (non-hydrogen) atoms. The van der Waals surface area contributed by atoms with Gasteiger partial charge >= 0.3 is 5.97 Å². The van der Waals surface area contributed by atoms with Crippen LogP contribution in [0.15, 0.2) is 85.3 Å². The molecule has 1 saturated heterocycles. The second-order valence-electron chi connectivity index (χ2n) is 8.23. The Morgan fingerprint density at radius 2 is 1.76 bits per heavy atom. The molecule has 1 fully saturated rings. The summed E-state index contributed by atoms with van der Waals surface area (Å²) in [6.07, 6.45) is 5.80. The fourth-order valence-corrected chi connectivity index (χ4v) is 4.44. The van der Waals surface area contributed by atoms with Crippen molar-refractivity contribution in [2.24, 2.45) is 0 Å². The van der Waals surface area contributed by atoms with Crippen molar-refractivity contribution in [2.45, 2.75) is 19.0 Å². The molecule has 0 radical (unpaired) electrons. The summed E-state index contributed by atoms with van der Waals surface area (Å²) in [7, 11) is 0. The highest BCUT2D eigenvalue weighted by molar-refractivity contribution is 5.95. The quantitative estimate of drug-likeness (QED) is 0.429. The summed E-state index contributed by atoms with van der Waals surface area (Å²) in [5, 5.41) is 17.6. The van der Waals surface area contributed by atoms with Gasteiger partial charge in [0.05, 0.1) is 41.1 Å². The maximum absolute atomic E-state index is 11.7. The van der Waals surface area contributed by atoms with Crippen molar-refractivity contribution in [3.63, 3.8) is 0 Å². The van der Waals surface area contributed by atoms with E-state index in [1.165, 1.54) is 24.0 Å². The second kappa shape index (κ2) is 9.26. The van der Waals surface area contributed by atoms with Crippen LogP contribution in [0.2, 0.25) is 0 Å². The number of aromatic carboxylic acids is 1. The standard InChI is InChI=1S/C26H25N5O2/c32-26(33)22-11-13-27-15-23(22)29-24-16-28-31(25(24)20-9-5-2-6-10-20)21-12-14-30(18-21)17-19-7-3-1-4-8-19/h1-11,13,15-16,21,29H,12,14,17-18H2,(H,32,33). The number of hydrogen-bond donors (Lipinski definition) is 2. The highest BCUT2D eigenvalue weighted by atomic mass is 16.4. The summed E-state index contributed by atoms with van der Waals surface area (Å²) in [6.45, 7) is 2.83. The normalized spacial score (nSPS) is 16.1. The molecule has 0 amide bonds. The molecule has 1 aliphatic heterocycles. The molecule has 4 aromatic rings. The fourth-order valence-electron chi connectivity index (χ4n) is 4.44. The Morgan fingerprint density at radius 3 is 2.52 bits per heavy atom. The van der Waals surface area contributed by atoms with Crippen LogP contribution in [-0.4, -0.2) is 43.8 Å². The van der Waals surface area contributed by atoms with Crippen LogP contribution in [0.5, 0.6) is 0 Å². The van der Waals surface area contributed by atoms with E-state index < -0.39 is 5.97 Å². The van der Waals surface area contributed by atoms with E-state index in [2.05, 4.69) is 56.3 Å². The van der Waals surface area contributed by atoms with E-state index in [-0.39, 0.29) is 11.6 Å². The van der Waals surface area contributed by atoms with E-state index >= 15 is 0 Å². The van der Waals surface area contributed by atoms with Gasteiger partial charge in [-0.2, -0.15) is 5.10 Å². The van der Waals surface area contributed by atoms with Crippen molar-refractivity contribution in [1.29, 1.82) is 0 Å². The lowest BCUT2D eigenvalue weighted by atomic mass is 10.1. The van der Waals surface area contributed by atoms with Gasteiger partial charge in [0.2, 0.25) is 0 Å². The molecular formula is C26H25N5O2. The van der Waals surface area contributed by atoms with Gasteiger partial charge in [-0.05, 0) is 18.1 Å². The summed E-state index contributed by atoms with van der Waals surface area (Å²) in [5.74, 6) is -0.999. The lowest BCUT2D eigenvalue weighted by Crippen LogP contribution is -2.22. The molecule has 7 nitrogen and oxygen atoms in total. The smallest absolute Gasteiger partial charge is 0.337 e. The Morgan fingerprint density at radius 1 is 1.00 bits per heavy atom. The average molecular weight is 440 g/mol. The van der Waals surface area contributed by atoms with Crippen molar-refractivity contribution < 1.29 is 9.90 Å². The Kier molecular flexibility index (Phi) is 5.87. The van der Waals surface area contributed by atoms with Crippen LogP contribution in [0.25, 0.3) is 11.3 Å². The number of aromatic nitrogens is 3. The molecule has 0 aliphatic carbocycles. The minimum absolute atomic E-state index is 0.173. The minimum Gasteiger partial charge on any atom is -0.478 e. The third-order valence-electron chi connectivity index (χ3n) is 6.01. The third kappa shape index (κ3) is 4.49. The topological polar surface area (TPSA) is 83.3 Å². The SMILES string of the molecule is O=C(O)c1ccncc1Nc1cnn(C2CCN(Cc3ccccc3)C2)c1-c1ccccc1. The number of carbonyl (C=O) groups is 1. The summed E-state index contributed by atoms with van der Waals surface area (Å²) < 4.78 is 2.08. The van der Waals surface area contributed by atoms with Crippen molar-refractivity contribution in [2.75, 3.05) is 18.4 Å². The molecule has 0 spiro atoms. The Hall–Kier alpha value is -3.97. The number of carboxylic acids is 1. The van der Waals surface area contributed by atoms with Crippen molar-refractivity contribution in [3.05, 3.63) is 96.4 Å². The number of anilines is 2. The molecule has 5 rings (SSSR count). The van der Waals surface area contributed by atoms with Crippen LogP contribution in [0, 0.1) is 0 Å². The van der Waals surface area contributed by atoms with Gasteiger partial charge in [-0.1, -0.05) is 60.7 Å². The summed E-state index contributed by atoms with van der Waals surface area (Å²) in [5.41, 5.74) is 4.66. The van der Waals surface area contributed by atoms with Gasteiger partial charge in [0.25, 0.3) is 0 Å². The number of nitrogens with zero attached hydrogens (tertiary/aromatic N) is 4. The van der Waals surface area contributed by atoms with Crippen molar-refractivity contribution in [3.8, 4) is 11.3 Å². The monoisotopic (exact) mass is 439 g/mol. The average Bonchev–Trinajstić information content (AvgIpc) is 3.47. The number of likely N-dealkylation sites (tertiary alicyclic amines) is 1. The minimum atomic E-state index is -0.999. The van der Waals surface area contributed by atoms with Gasteiger partial charge in [-0.3, -0.25) is 14.6 Å². The van der Waals surface area contributed by atoms with E-state index in [0.717, 1.165) is 43.0 Å². The number of benzene rings is 2. The predicted octanol–water partition coefficient (Wildman–Crippen LogP) is 4.83. The first-order chi connectivity index (χ1) is 16.2. The largest absolute Gasteiger partial charge is 0.478 e. The van der Waals surface area contributed by atoms with E-state index in [4.69, 9.17) is 5.10 Å². The molecular weight excluding hydrogens is 414 g/mol. The lowest BCUT2D eigenvalue weighted by molar-refractivity contribution is 0.0698. The highest BCUT2D eigenvalue weighted by Gasteiger charge is 2.28. The Balaban J connectivity index is 1.45. The number of hydrogen-bond acceptors (Lipinski definition) is 5. The van der Waals surface area contributed by atoms with E-state index in [1.807, 2.05) is 24.3 Å². The molecule has 0 bridgehead atoms. The third-order valence-corrected chi connectivity index (χ3v) is 6.01. The molecule has 7 heteroatoms. The molecule has 166 valence electrons. The number of nitrogens with one attached hydrogen (secondary N) is 1. The van der Waals surface area contributed by atoms with Gasteiger partial charge in [-0.25, -0.2) is 4.79 Å². The zero-order valence-electron chi connectivity index (χ0n) is 18.1. The highest BCUT2D eigenvalue weighted by Crippen LogP contribution is 2.35. The molecule has 2 N–H and O–H groups in total. The maximum Gasteiger partial charge on any atom is 0.337 e. The van der Waals surface area contributed by atoms with Crippen molar-refractivity contribution >= 4 is 17.3 Å². The van der Waals surface area contributed by atoms with Crippen LogP contribution in [0.4, 0.5) is 11.4 Å². The van der Waals surface area contributed by atoms with E-state index in [0.29, 0.717) is 5.69 Å². The first kappa shape index (κ1) is 20.9. The van der Waals surface area contributed by atoms with E-state index in [9.17, 15) is 9.90 Å². The van der Waals surface area contributed by atoms with Gasteiger partial charge in [0.1, 0.15) is 0 Å². The molecule has 0 saturated carbocycles. The molecule has 1 atom stereocenters. The first-order valence-electron chi connectivity index (χ1n) is 11.0. The Labute approximate surface area is 192 Å². The van der Waals surface area contributed by atoms with Crippen LogP contribution in [0.1, 0.15) is 28.4 Å². The van der Waals surface area contributed by atoms with Crippen LogP contribution in [0.3, 0.4) is 0 Å². The van der Waals surface area contributed by atoms with Crippen LogP contribution in [-0.2, 0) is 6.54 Å². The van der Waals surface area contributed by atoms with Gasteiger partial charge in [0.15, 0.2) is 0 Å². The summed E-state index contributed by atoms with van der Waals surface area (Å²) in [6, 6.07) is 22.3. The zero-order valence-corrected chi connectivity index (χ0v) is 18.1. The number of carboxylic acid groups (broad SMARTS) is 1. The molecule has 2 aromatic carbocycles. The van der Waals surface area contributed by atoms with Crippen LogP contribution >= 0.6 is 0 Å². The summed E-state index contributed by atoms with van der Waals surface area (Å²) >= 11 is 0. The first-order valence-corrected chi connectivity index (χ1v) is 11.0. The number of pyridine rings is 1. The molecule has 3 heterocycles.